The average molecular weight is 485 g/mol. The smallest absolute Gasteiger partial charge is 0.326 e. The Morgan fingerprint density at radius 3 is 2.09 bits per heavy atom. The fourth-order valence-corrected chi connectivity index (χ4v) is 3.01. The van der Waals surface area contributed by atoms with Gasteiger partial charge in [0.15, 0.2) is 0 Å². The lowest BCUT2D eigenvalue weighted by molar-refractivity contribution is -0.144. The van der Waals surface area contributed by atoms with E-state index in [1.165, 1.54) is 19.4 Å². The number of aromatic nitrogens is 2. The topological polar surface area (TPSA) is 237 Å². The summed E-state index contributed by atoms with van der Waals surface area (Å²) in [6.07, 6.45) is 0.566. The van der Waals surface area contributed by atoms with Gasteiger partial charge >= 0.3 is 11.9 Å². The number of aliphatic hydroxyl groups is 1. The van der Waals surface area contributed by atoms with E-state index in [0.29, 0.717) is 12.1 Å². The maximum Gasteiger partial charge on any atom is 0.326 e. The van der Waals surface area contributed by atoms with Gasteiger partial charge in [-0.15, -0.1) is 0 Å². The molecule has 14 nitrogen and oxygen atoms in total. The summed E-state index contributed by atoms with van der Waals surface area (Å²) in [5, 5.41) is 35.2. The Morgan fingerprint density at radius 2 is 1.62 bits per heavy atom. The molecule has 0 aliphatic rings. The standard InChI is InChI=1S/C20H32N6O8/c1-9(2)4-12(21)17(30)24-13(6-15(28)29)18(31)26-16(10(3)27)19(32)25-14(20(33)34)5-11-7-22-8-23-11/h7-10,12-14,16,27H,4-6,21H2,1-3H3,(H,22,23)(H,24,30)(H,25,32)(H,26,31)(H,28,29)(H,33,34). The average Bonchev–Trinajstić information content (AvgIpc) is 3.22. The summed E-state index contributed by atoms with van der Waals surface area (Å²) in [6, 6.07) is -5.61. The second-order valence-electron chi connectivity index (χ2n) is 8.30. The molecular formula is C20H32N6O8. The van der Waals surface area contributed by atoms with Gasteiger partial charge in [0, 0.05) is 18.3 Å². The number of carbonyl (C=O) groups is 5. The van der Waals surface area contributed by atoms with Crippen molar-refractivity contribution in [3.05, 3.63) is 18.2 Å². The number of aliphatic hydroxyl groups excluding tert-OH is 1. The molecule has 5 unspecified atom stereocenters. The first-order valence-corrected chi connectivity index (χ1v) is 10.6. The molecule has 0 aliphatic heterocycles. The van der Waals surface area contributed by atoms with Gasteiger partial charge in [-0.2, -0.15) is 0 Å². The van der Waals surface area contributed by atoms with Crippen LogP contribution in [0.1, 0.15) is 39.3 Å². The van der Waals surface area contributed by atoms with Crippen LogP contribution in [0.15, 0.2) is 12.5 Å². The number of carbonyl (C=O) groups excluding carboxylic acids is 3. The summed E-state index contributed by atoms with van der Waals surface area (Å²) in [5.74, 6) is -5.53. The number of carboxylic acids is 2. The van der Waals surface area contributed by atoms with Gasteiger partial charge < -0.3 is 42.0 Å². The predicted molar refractivity (Wildman–Crippen MR) is 117 cm³/mol. The quantitative estimate of drug-likeness (QED) is 0.141. The molecule has 190 valence electrons. The Morgan fingerprint density at radius 1 is 1.00 bits per heavy atom. The van der Waals surface area contributed by atoms with E-state index < -0.39 is 66.4 Å². The number of amides is 3. The third-order valence-corrected chi connectivity index (χ3v) is 4.73. The third kappa shape index (κ3) is 9.54. The molecule has 1 heterocycles. The van der Waals surface area contributed by atoms with Gasteiger partial charge in [0.25, 0.3) is 0 Å². The minimum atomic E-state index is -1.63. The van der Waals surface area contributed by atoms with Crippen LogP contribution in [0.3, 0.4) is 0 Å². The molecule has 14 heteroatoms. The van der Waals surface area contributed by atoms with E-state index in [2.05, 4.69) is 25.9 Å². The van der Waals surface area contributed by atoms with Gasteiger partial charge in [0.2, 0.25) is 17.7 Å². The number of carboxylic acid groups (broad SMARTS) is 2. The Kier molecular flexibility index (Phi) is 11.1. The molecule has 0 saturated heterocycles. The number of hydrogen-bond donors (Lipinski definition) is 8. The number of H-pyrrole nitrogens is 1. The van der Waals surface area contributed by atoms with E-state index in [0.717, 1.165) is 0 Å². The van der Waals surface area contributed by atoms with E-state index in [1.54, 1.807) is 0 Å². The molecule has 0 spiro atoms. The highest BCUT2D eigenvalue weighted by Crippen LogP contribution is 2.05. The lowest BCUT2D eigenvalue weighted by Crippen LogP contribution is -2.60. The number of hydrogen-bond acceptors (Lipinski definition) is 8. The summed E-state index contributed by atoms with van der Waals surface area (Å²) >= 11 is 0. The van der Waals surface area contributed by atoms with Gasteiger partial charge in [0.1, 0.15) is 18.1 Å². The monoisotopic (exact) mass is 484 g/mol. The van der Waals surface area contributed by atoms with Crippen LogP contribution in [0.2, 0.25) is 0 Å². The number of aliphatic carboxylic acids is 2. The van der Waals surface area contributed by atoms with E-state index >= 15 is 0 Å². The molecule has 0 saturated carbocycles. The van der Waals surface area contributed by atoms with Crippen molar-refractivity contribution in [1.29, 1.82) is 0 Å². The zero-order chi connectivity index (χ0) is 26.0. The zero-order valence-corrected chi connectivity index (χ0v) is 19.1. The van der Waals surface area contributed by atoms with Crippen LogP contribution in [0.4, 0.5) is 0 Å². The molecule has 0 aromatic carbocycles. The number of nitrogens with zero attached hydrogens (tertiary/aromatic N) is 1. The minimum Gasteiger partial charge on any atom is -0.481 e. The molecule has 5 atom stereocenters. The summed E-state index contributed by atoms with van der Waals surface area (Å²) in [5.41, 5.74) is 6.20. The van der Waals surface area contributed by atoms with Gasteiger partial charge in [-0.1, -0.05) is 13.8 Å². The van der Waals surface area contributed by atoms with Gasteiger partial charge in [0.05, 0.1) is 24.9 Å². The molecule has 0 bridgehead atoms. The fourth-order valence-electron chi connectivity index (χ4n) is 3.01. The van der Waals surface area contributed by atoms with Gasteiger partial charge in [-0.3, -0.25) is 19.2 Å². The third-order valence-electron chi connectivity index (χ3n) is 4.73. The van der Waals surface area contributed by atoms with Crippen molar-refractivity contribution in [2.24, 2.45) is 11.7 Å². The Labute approximate surface area is 195 Å². The summed E-state index contributed by atoms with van der Waals surface area (Å²) < 4.78 is 0. The van der Waals surface area contributed by atoms with Crippen LogP contribution in [0, 0.1) is 5.92 Å². The molecular weight excluding hydrogens is 452 g/mol. The van der Waals surface area contributed by atoms with E-state index in [-0.39, 0.29) is 12.3 Å². The minimum absolute atomic E-state index is 0.0692. The highest BCUT2D eigenvalue weighted by atomic mass is 16.4. The number of nitrogens with one attached hydrogen (secondary N) is 4. The van der Waals surface area contributed by atoms with Crippen molar-refractivity contribution >= 4 is 29.7 Å². The van der Waals surface area contributed by atoms with Crippen LogP contribution < -0.4 is 21.7 Å². The van der Waals surface area contributed by atoms with Crippen LogP contribution >= 0.6 is 0 Å². The maximum atomic E-state index is 12.7. The van der Waals surface area contributed by atoms with Crippen molar-refractivity contribution in [3.8, 4) is 0 Å². The van der Waals surface area contributed by atoms with Crippen molar-refractivity contribution < 1.29 is 39.3 Å². The first kappa shape index (κ1) is 28.5. The molecule has 34 heavy (non-hydrogen) atoms. The second kappa shape index (κ2) is 13.3. The Hall–Kier alpha value is -3.52. The SMILES string of the molecule is CC(C)CC(N)C(=O)NC(CC(=O)O)C(=O)NC(C(=O)NC(Cc1cnc[nH]1)C(=O)O)C(C)O. The molecule has 0 aliphatic carbocycles. The maximum absolute atomic E-state index is 12.7. The summed E-state index contributed by atoms with van der Waals surface area (Å²) in [6.45, 7) is 4.84. The summed E-state index contributed by atoms with van der Waals surface area (Å²) in [4.78, 5) is 66.9. The Balaban J connectivity index is 2.94. The normalized spacial score (nSPS) is 15.5. The first-order valence-electron chi connectivity index (χ1n) is 10.6. The zero-order valence-electron chi connectivity index (χ0n) is 19.1. The lowest BCUT2D eigenvalue weighted by Gasteiger charge is -2.26. The van der Waals surface area contributed by atoms with Crippen LogP contribution in [0.5, 0.6) is 0 Å². The van der Waals surface area contributed by atoms with Gasteiger partial charge in [-0.05, 0) is 19.3 Å². The molecule has 3 amide bonds. The van der Waals surface area contributed by atoms with Crippen molar-refractivity contribution in [1.82, 2.24) is 25.9 Å². The molecule has 0 fully saturated rings. The number of rotatable bonds is 14. The molecule has 1 aromatic heterocycles. The number of nitrogens with two attached hydrogens (primary N) is 1. The van der Waals surface area contributed by atoms with E-state index in [1.807, 2.05) is 13.8 Å². The van der Waals surface area contributed by atoms with Crippen molar-refractivity contribution in [2.75, 3.05) is 0 Å². The van der Waals surface area contributed by atoms with Crippen molar-refractivity contribution in [2.45, 2.75) is 70.3 Å². The fraction of sp³-hybridized carbons (Fsp3) is 0.600. The molecule has 1 aromatic rings. The highest BCUT2D eigenvalue weighted by molar-refractivity contribution is 5.95. The van der Waals surface area contributed by atoms with E-state index in [9.17, 15) is 34.2 Å². The largest absolute Gasteiger partial charge is 0.481 e. The highest BCUT2D eigenvalue weighted by Gasteiger charge is 2.33. The van der Waals surface area contributed by atoms with Gasteiger partial charge in [-0.25, -0.2) is 9.78 Å². The molecule has 9 N–H and O–H groups in total. The van der Waals surface area contributed by atoms with Crippen molar-refractivity contribution in [3.63, 3.8) is 0 Å². The number of aromatic amines is 1. The lowest BCUT2D eigenvalue weighted by atomic mass is 10.0. The molecule has 0 radical (unpaired) electrons. The predicted octanol–water partition coefficient (Wildman–Crippen LogP) is -2.28. The van der Waals surface area contributed by atoms with Crippen LogP contribution in [-0.4, -0.2) is 85.2 Å². The first-order chi connectivity index (χ1) is 15.8. The van der Waals surface area contributed by atoms with E-state index in [4.69, 9.17) is 10.8 Å². The second-order valence-corrected chi connectivity index (χ2v) is 8.30. The summed E-state index contributed by atoms with van der Waals surface area (Å²) in [7, 11) is 0. The molecule has 1 rings (SSSR count). The van der Waals surface area contributed by atoms with Crippen LogP contribution in [-0.2, 0) is 30.4 Å². The number of imidazole rings is 1. The van der Waals surface area contributed by atoms with Crippen LogP contribution in [0.25, 0.3) is 0 Å². The Bertz CT molecular complexity index is 857.